The number of carboxylic acid groups (broad SMARTS) is 1. The first-order valence-corrected chi connectivity index (χ1v) is 7.74. The summed E-state index contributed by atoms with van der Waals surface area (Å²) in [6.45, 7) is 2.42. The lowest BCUT2D eigenvalue weighted by molar-refractivity contribution is -0.150. The zero-order chi connectivity index (χ0) is 15.6. The number of nitrogens with one attached hydrogen (secondary N) is 1. The second-order valence-electron chi connectivity index (χ2n) is 5.42. The Hall–Kier alpha value is -1.27. The lowest BCUT2D eigenvalue weighted by atomic mass is 9.82. The van der Waals surface area contributed by atoms with Crippen molar-refractivity contribution in [1.29, 1.82) is 0 Å². The zero-order valence-corrected chi connectivity index (χ0v) is 13.9. The van der Waals surface area contributed by atoms with E-state index in [1.54, 1.807) is 25.1 Å². The normalized spacial score (nSPS) is 22.0. The molecule has 2 rings (SSSR count). The van der Waals surface area contributed by atoms with Gasteiger partial charge in [-0.3, -0.25) is 4.79 Å². The lowest BCUT2D eigenvalue weighted by Crippen LogP contribution is -2.49. The minimum absolute atomic E-state index is 0.201. The molecule has 1 aromatic rings. The van der Waals surface area contributed by atoms with Crippen LogP contribution in [-0.4, -0.2) is 35.1 Å². The second-order valence-corrected chi connectivity index (χ2v) is 6.62. The van der Waals surface area contributed by atoms with Gasteiger partial charge in [0.15, 0.2) is 0 Å². The van der Waals surface area contributed by atoms with Gasteiger partial charge in [0.1, 0.15) is 0 Å². The van der Waals surface area contributed by atoms with E-state index in [1.165, 1.54) is 4.90 Å². The summed E-state index contributed by atoms with van der Waals surface area (Å²) in [5.74, 6) is -0.871. The van der Waals surface area contributed by atoms with Crippen LogP contribution in [0.4, 0.5) is 10.5 Å². The average molecular weight is 376 g/mol. The number of aliphatic carboxylic acids is 1. The van der Waals surface area contributed by atoms with E-state index in [9.17, 15) is 14.7 Å². The van der Waals surface area contributed by atoms with E-state index in [2.05, 4.69) is 21.2 Å². The van der Waals surface area contributed by atoms with E-state index in [1.807, 2.05) is 0 Å². The molecule has 5 nitrogen and oxygen atoms in total. The quantitative estimate of drug-likeness (QED) is 0.825. The van der Waals surface area contributed by atoms with Crippen molar-refractivity contribution in [3.63, 3.8) is 0 Å². The summed E-state index contributed by atoms with van der Waals surface area (Å²) in [6, 6.07) is 4.86. The molecule has 0 radical (unpaired) electrons. The van der Waals surface area contributed by atoms with Gasteiger partial charge in [-0.15, -0.1) is 0 Å². The summed E-state index contributed by atoms with van der Waals surface area (Å²) in [7, 11) is 0. The first-order valence-electron chi connectivity index (χ1n) is 6.57. The van der Waals surface area contributed by atoms with Gasteiger partial charge >= 0.3 is 12.0 Å². The Labute approximate surface area is 136 Å². The average Bonchev–Trinajstić information content (AvgIpc) is 2.43. The number of piperidine rings is 1. The summed E-state index contributed by atoms with van der Waals surface area (Å²) < 4.78 is 0.609. The highest BCUT2D eigenvalue weighted by Crippen LogP contribution is 2.32. The van der Waals surface area contributed by atoms with Crippen molar-refractivity contribution in [2.24, 2.45) is 5.41 Å². The molecule has 114 valence electrons. The van der Waals surface area contributed by atoms with Gasteiger partial charge in [-0.2, -0.15) is 0 Å². The molecule has 1 aromatic carbocycles. The molecule has 1 unspecified atom stereocenters. The van der Waals surface area contributed by atoms with Gasteiger partial charge in [0.25, 0.3) is 0 Å². The Kier molecular flexibility index (Phi) is 4.78. The maximum atomic E-state index is 12.3. The largest absolute Gasteiger partial charge is 0.481 e. The number of carboxylic acids is 1. The molecule has 21 heavy (non-hydrogen) atoms. The molecule has 1 atom stereocenters. The Morgan fingerprint density at radius 2 is 2.19 bits per heavy atom. The van der Waals surface area contributed by atoms with Crippen LogP contribution in [0, 0.1) is 5.41 Å². The van der Waals surface area contributed by atoms with Gasteiger partial charge in [0.2, 0.25) is 0 Å². The summed E-state index contributed by atoms with van der Waals surface area (Å²) in [5.41, 5.74) is -0.323. The van der Waals surface area contributed by atoms with Crippen LogP contribution < -0.4 is 5.32 Å². The number of halogens is 2. The number of carbonyl (C=O) groups excluding carboxylic acids is 1. The van der Waals surface area contributed by atoms with Gasteiger partial charge in [0, 0.05) is 13.1 Å². The maximum Gasteiger partial charge on any atom is 0.321 e. The van der Waals surface area contributed by atoms with Crippen LogP contribution in [0.5, 0.6) is 0 Å². The van der Waals surface area contributed by atoms with E-state index in [0.717, 1.165) is 0 Å². The first-order chi connectivity index (χ1) is 9.83. The van der Waals surface area contributed by atoms with Gasteiger partial charge in [-0.25, -0.2) is 4.79 Å². The molecule has 0 spiro atoms. The van der Waals surface area contributed by atoms with Crippen LogP contribution >= 0.6 is 27.5 Å². The Morgan fingerprint density at radius 3 is 2.86 bits per heavy atom. The molecule has 1 fully saturated rings. The number of urea groups is 1. The fourth-order valence-electron chi connectivity index (χ4n) is 2.38. The number of anilines is 1. The zero-order valence-electron chi connectivity index (χ0n) is 11.5. The fraction of sp³-hybridized carbons (Fsp3) is 0.429. The number of benzene rings is 1. The standard InChI is InChI=1S/C14H16BrClN2O3/c1-14(12(19)20)6-3-7-18(8-14)13(21)17-10-5-2-4-9(16)11(10)15/h2,4-5H,3,6-8H2,1H3,(H,17,21)(H,19,20). The summed E-state index contributed by atoms with van der Waals surface area (Å²) >= 11 is 9.30. The molecule has 7 heteroatoms. The molecule has 1 heterocycles. The summed E-state index contributed by atoms with van der Waals surface area (Å²) in [4.78, 5) is 25.2. The third-order valence-corrected chi connectivity index (χ3v) is 5.09. The van der Waals surface area contributed by atoms with Crippen molar-refractivity contribution in [2.45, 2.75) is 19.8 Å². The SMILES string of the molecule is CC1(C(=O)O)CCCN(C(=O)Nc2cccc(Cl)c2Br)C1. The smallest absolute Gasteiger partial charge is 0.321 e. The molecular weight excluding hydrogens is 360 g/mol. The number of hydrogen-bond donors (Lipinski definition) is 2. The molecule has 0 aromatic heterocycles. The van der Waals surface area contributed by atoms with Crippen LogP contribution in [0.25, 0.3) is 0 Å². The van der Waals surface area contributed by atoms with Crippen molar-refractivity contribution in [1.82, 2.24) is 4.90 Å². The predicted molar refractivity (Wildman–Crippen MR) is 84.7 cm³/mol. The Balaban J connectivity index is 2.10. The van der Waals surface area contributed by atoms with Crippen LogP contribution in [0.15, 0.2) is 22.7 Å². The topological polar surface area (TPSA) is 69.6 Å². The number of rotatable bonds is 2. The molecule has 1 aliphatic heterocycles. The Morgan fingerprint density at radius 1 is 1.48 bits per heavy atom. The van der Waals surface area contributed by atoms with E-state index in [-0.39, 0.29) is 12.6 Å². The molecule has 2 N–H and O–H groups in total. The summed E-state index contributed by atoms with van der Waals surface area (Å²) in [5, 5.41) is 12.5. The minimum atomic E-state index is -0.888. The second kappa shape index (κ2) is 6.23. The van der Waals surface area contributed by atoms with Gasteiger partial charge in [-0.05, 0) is 47.8 Å². The fourth-order valence-corrected chi connectivity index (χ4v) is 2.92. The van der Waals surface area contributed by atoms with Crippen LogP contribution in [0.1, 0.15) is 19.8 Å². The van der Waals surface area contributed by atoms with Gasteiger partial charge < -0.3 is 15.3 Å². The van der Waals surface area contributed by atoms with E-state index in [0.29, 0.717) is 34.6 Å². The monoisotopic (exact) mass is 374 g/mol. The number of carbonyl (C=O) groups is 2. The highest BCUT2D eigenvalue weighted by atomic mass is 79.9. The Bertz CT molecular complexity index is 581. The summed E-state index contributed by atoms with van der Waals surface area (Å²) in [6.07, 6.45) is 1.25. The third-order valence-electron chi connectivity index (χ3n) is 3.69. The van der Waals surface area contributed by atoms with Crippen molar-refractivity contribution in [3.05, 3.63) is 27.7 Å². The van der Waals surface area contributed by atoms with Crippen molar-refractivity contribution in [3.8, 4) is 0 Å². The van der Waals surface area contributed by atoms with Crippen molar-refractivity contribution in [2.75, 3.05) is 18.4 Å². The lowest BCUT2D eigenvalue weighted by Gasteiger charge is -2.37. The molecule has 0 saturated carbocycles. The highest BCUT2D eigenvalue weighted by molar-refractivity contribution is 9.10. The van der Waals surface area contributed by atoms with Crippen LogP contribution in [-0.2, 0) is 4.79 Å². The molecule has 1 aliphatic rings. The van der Waals surface area contributed by atoms with Crippen molar-refractivity contribution < 1.29 is 14.7 Å². The molecule has 0 bridgehead atoms. The van der Waals surface area contributed by atoms with Crippen LogP contribution in [0.3, 0.4) is 0 Å². The van der Waals surface area contributed by atoms with E-state index >= 15 is 0 Å². The minimum Gasteiger partial charge on any atom is -0.481 e. The van der Waals surface area contributed by atoms with Gasteiger partial charge in [0.05, 0.1) is 20.6 Å². The predicted octanol–water partition coefficient (Wildman–Crippen LogP) is 3.82. The number of amides is 2. The first kappa shape index (κ1) is 16.1. The van der Waals surface area contributed by atoms with Gasteiger partial charge in [-0.1, -0.05) is 17.7 Å². The molecule has 1 saturated heterocycles. The van der Waals surface area contributed by atoms with E-state index < -0.39 is 11.4 Å². The number of hydrogen-bond acceptors (Lipinski definition) is 2. The molecule has 0 aliphatic carbocycles. The number of likely N-dealkylation sites (tertiary alicyclic amines) is 1. The van der Waals surface area contributed by atoms with Crippen LogP contribution in [0.2, 0.25) is 5.02 Å². The highest BCUT2D eigenvalue weighted by Gasteiger charge is 2.39. The van der Waals surface area contributed by atoms with E-state index in [4.69, 9.17) is 11.6 Å². The molecule has 2 amide bonds. The van der Waals surface area contributed by atoms with Crippen molar-refractivity contribution >= 4 is 45.2 Å². The maximum absolute atomic E-state index is 12.3. The third kappa shape index (κ3) is 3.49. The number of nitrogens with zero attached hydrogens (tertiary/aromatic N) is 1. The molecular formula is C14H16BrClN2O3.